The maximum Gasteiger partial charge on any atom is 0.227 e. The molecule has 2 aliphatic rings. The first-order chi connectivity index (χ1) is 14.8. The average Bonchev–Trinajstić information content (AvgIpc) is 3.43. The third-order valence-corrected chi connectivity index (χ3v) is 5.49. The van der Waals surface area contributed by atoms with Gasteiger partial charge in [-0.15, -0.1) is 0 Å². The van der Waals surface area contributed by atoms with Crippen molar-refractivity contribution in [1.29, 1.82) is 0 Å². The predicted molar refractivity (Wildman–Crippen MR) is 120 cm³/mol. The normalized spacial score (nSPS) is 18.5. The lowest BCUT2D eigenvalue weighted by atomic mass is 10.1. The van der Waals surface area contributed by atoms with E-state index < -0.39 is 0 Å². The molecule has 0 aliphatic carbocycles. The Bertz CT molecular complexity index is 689. The van der Waals surface area contributed by atoms with E-state index >= 15 is 0 Å². The van der Waals surface area contributed by atoms with Gasteiger partial charge < -0.3 is 25.0 Å². The molecule has 0 saturated carbocycles. The summed E-state index contributed by atoms with van der Waals surface area (Å²) in [5, 5.41) is 6.60. The second-order valence-electron chi connectivity index (χ2n) is 7.87. The van der Waals surface area contributed by atoms with Gasteiger partial charge in [0.25, 0.3) is 0 Å². The summed E-state index contributed by atoms with van der Waals surface area (Å²) in [5.41, 5.74) is 2.34. The highest BCUT2D eigenvalue weighted by Gasteiger charge is 2.23. The van der Waals surface area contributed by atoms with Crippen molar-refractivity contribution >= 4 is 17.6 Å². The molecule has 1 unspecified atom stereocenters. The lowest BCUT2D eigenvalue weighted by molar-refractivity contribution is -0.118. The lowest BCUT2D eigenvalue weighted by Gasteiger charge is -2.17. The van der Waals surface area contributed by atoms with Gasteiger partial charge in [-0.3, -0.25) is 9.79 Å². The van der Waals surface area contributed by atoms with Gasteiger partial charge in [0.15, 0.2) is 5.96 Å². The van der Waals surface area contributed by atoms with Crippen LogP contribution in [-0.4, -0.2) is 64.5 Å². The zero-order chi connectivity index (χ0) is 21.0. The van der Waals surface area contributed by atoms with Gasteiger partial charge in [-0.25, -0.2) is 0 Å². The molecule has 166 valence electrons. The fraction of sp³-hybridized carbons (Fsp3) is 0.652. The highest BCUT2D eigenvalue weighted by Crippen LogP contribution is 2.28. The fourth-order valence-corrected chi connectivity index (χ4v) is 3.84. The molecule has 2 aliphatic heterocycles. The van der Waals surface area contributed by atoms with Crippen LogP contribution in [-0.2, 0) is 20.7 Å². The van der Waals surface area contributed by atoms with Crippen LogP contribution >= 0.6 is 0 Å². The Morgan fingerprint density at radius 2 is 2.20 bits per heavy atom. The van der Waals surface area contributed by atoms with Crippen molar-refractivity contribution in [3.05, 3.63) is 29.8 Å². The molecule has 1 aromatic carbocycles. The third-order valence-electron chi connectivity index (χ3n) is 5.49. The number of hydrogen-bond acceptors (Lipinski definition) is 4. The summed E-state index contributed by atoms with van der Waals surface area (Å²) in [6.07, 6.45) is 4.27. The van der Waals surface area contributed by atoms with Crippen LogP contribution in [0.15, 0.2) is 29.3 Å². The number of rotatable bonds is 11. The molecule has 1 aromatic rings. The Kier molecular flexibility index (Phi) is 9.44. The van der Waals surface area contributed by atoms with Gasteiger partial charge in [-0.2, -0.15) is 0 Å². The van der Waals surface area contributed by atoms with Crippen LogP contribution in [0, 0.1) is 5.92 Å². The second kappa shape index (κ2) is 12.5. The number of carbonyl (C=O) groups is 1. The molecule has 1 saturated heterocycles. The first-order valence-corrected chi connectivity index (χ1v) is 11.3. The molecule has 1 fully saturated rings. The molecule has 0 bridgehead atoms. The molecule has 30 heavy (non-hydrogen) atoms. The molecular formula is C23H36N4O3. The van der Waals surface area contributed by atoms with E-state index in [1.165, 1.54) is 5.56 Å². The minimum atomic E-state index is 0.193. The number of fused-ring (bicyclic) bond motifs is 1. The molecular weight excluding hydrogens is 380 g/mol. The smallest absolute Gasteiger partial charge is 0.227 e. The standard InChI is InChI=1S/C23H36N4O3/c1-2-24-23(26-13-6-15-29-17-19-11-16-30-18-19)25-12-5-9-22(28)27-14-10-20-7-3-4-8-21(20)27/h3-4,7-8,19H,2,5-6,9-18H2,1H3,(H2,24,25,26). The van der Waals surface area contributed by atoms with Gasteiger partial charge in [-0.1, -0.05) is 18.2 Å². The van der Waals surface area contributed by atoms with E-state index in [0.717, 1.165) is 83.4 Å². The number of anilines is 1. The summed E-state index contributed by atoms with van der Waals surface area (Å²) < 4.78 is 11.1. The number of hydrogen-bond donors (Lipinski definition) is 2. The van der Waals surface area contributed by atoms with Gasteiger partial charge >= 0.3 is 0 Å². The number of para-hydroxylation sites is 1. The maximum absolute atomic E-state index is 12.6. The second-order valence-corrected chi connectivity index (χ2v) is 7.87. The Morgan fingerprint density at radius 1 is 1.30 bits per heavy atom. The van der Waals surface area contributed by atoms with Crippen molar-refractivity contribution in [3.63, 3.8) is 0 Å². The Morgan fingerprint density at radius 3 is 3.03 bits per heavy atom. The first-order valence-electron chi connectivity index (χ1n) is 11.3. The Hall–Kier alpha value is -2.12. The number of ether oxygens (including phenoxy) is 2. The van der Waals surface area contributed by atoms with Crippen LogP contribution in [0.3, 0.4) is 0 Å². The van der Waals surface area contributed by atoms with Crippen molar-refractivity contribution in [1.82, 2.24) is 10.6 Å². The van der Waals surface area contributed by atoms with Crippen LogP contribution in [0.2, 0.25) is 0 Å². The highest BCUT2D eigenvalue weighted by molar-refractivity contribution is 5.95. The predicted octanol–water partition coefficient (Wildman–Crippen LogP) is 2.35. The van der Waals surface area contributed by atoms with Crippen molar-refractivity contribution in [2.75, 3.05) is 57.5 Å². The molecule has 7 nitrogen and oxygen atoms in total. The van der Waals surface area contributed by atoms with Gasteiger partial charge in [0.05, 0.1) is 13.2 Å². The lowest BCUT2D eigenvalue weighted by Crippen LogP contribution is -2.38. The fourth-order valence-electron chi connectivity index (χ4n) is 3.84. The molecule has 3 rings (SSSR count). The summed E-state index contributed by atoms with van der Waals surface area (Å²) in [7, 11) is 0. The minimum absolute atomic E-state index is 0.193. The third kappa shape index (κ3) is 6.99. The summed E-state index contributed by atoms with van der Waals surface area (Å²) in [6, 6.07) is 8.18. The molecule has 7 heteroatoms. The van der Waals surface area contributed by atoms with Gasteiger partial charge in [0, 0.05) is 57.4 Å². The number of guanidine groups is 1. The average molecular weight is 417 g/mol. The molecule has 2 heterocycles. The van der Waals surface area contributed by atoms with Gasteiger partial charge in [0.1, 0.15) is 0 Å². The molecule has 1 amide bonds. The van der Waals surface area contributed by atoms with Gasteiger partial charge in [0.2, 0.25) is 5.91 Å². The summed E-state index contributed by atoms with van der Waals surface area (Å²) in [6.45, 7) is 8.36. The number of carbonyl (C=O) groups excluding carboxylic acids is 1. The Labute approximate surface area is 180 Å². The van der Waals surface area contributed by atoms with E-state index in [1.54, 1.807) is 0 Å². The number of amides is 1. The van der Waals surface area contributed by atoms with Crippen LogP contribution in [0.5, 0.6) is 0 Å². The van der Waals surface area contributed by atoms with Gasteiger partial charge in [-0.05, 0) is 44.2 Å². The quantitative estimate of drug-likeness (QED) is 0.329. The largest absolute Gasteiger partial charge is 0.381 e. The SMILES string of the molecule is CCNC(=NCCCC(=O)N1CCc2ccccc21)NCCCOCC1CCOC1. The van der Waals surface area contributed by atoms with Crippen molar-refractivity contribution < 1.29 is 14.3 Å². The first kappa shape index (κ1) is 22.6. The number of nitrogens with one attached hydrogen (secondary N) is 2. The zero-order valence-electron chi connectivity index (χ0n) is 18.2. The van der Waals surface area contributed by atoms with Crippen LogP contribution in [0.1, 0.15) is 38.2 Å². The molecule has 2 N–H and O–H groups in total. The van der Waals surface area contributed by atoms with E-state index in [-0.39, 0.29) is 5.91 Å². The van der Waals surface area contributed by atoms with E-state index in [0.29, 0.717) is 18.9 Å². The Balaban J connectivity index is 1.30. The minimum Gasteiger partial charge on any atom is -0.381 e. The van der Waals surface area contributed by atoms with E-state index in [2.05, 4.69) is 28.6 Å². The molecule has 1 atom stereocenters. The van der Waals surface area contributed by atoms with E-state index in [9.17, 15) is 4.79 Å². The summed E-state index contributed by atoms with van der Waals surface area (Å²) >= 11 is 0. The number of aliphatic imine (C=N–C) groups is 1. The van der Waals surface area contributed by atoms with Crippen molar-refractivity contribution in [2.24, 2.45) is 10.9 Å². The number of nitrogens with zero attached hydrogens (tertiary/aromatic N) is 2. The summed E-state index contributed by atoms with van der Waals surface area (Å²) in [5.74, 6) is 1.56. The van der Waals surface area contributed by atoms with Crippen molar-refractivity contribution in [2.45, 2.75) is 39.0 Å². The van der Waals surface area contributed by atoms with Crippen LogP contribution in [0.4, 0.5) is 5.69 Å². The molecule has 0 spiro atoms. The monoisotopic (exact) mass is 416 g/mol. The summed E-state index contributed by atoms with van der Waals surface area (Å²) in [4.78, 5) is 19.1. The zero-order valence-corrected chi connectivity index (χ0v) is 18.2. The number of benzene rings is 1. The van der Waals surface area contributed by atoms with E-state index in [4.69, 9.17) is 9.47 Å². The highest BCUT2D eigenvalue weighted by atomic mass is 16.5. The molecule has 0 radical (unpaired) electrons. The molecule has 0 aromatic heterocycles. The van der Waals surface area contributed by atoms with Crippen molar-refractivity contribution in [3.8, 4) is 0 Å². The maximum atomic E-state index is 12.6. The van der Waals surface area contributed by atoms with Crippen LogP contribution in [0.25, 0.3) is 0 Å². The topological polar surface area (TPSA) is 75.2 Å². The van der Waals surface area contributed by atoms with Crippen LogP contribution < -0.4 is 15.5 Å². The van der Waals surface area contributed by atoms with E-state index in [1.807, 2.05) is 23.1 Å².